The first-order valence-electron chi connectivity index (χ1n) is 7.01. The summed E-state index contributed by atoms with van der Waals surface area (Å²) in [7, 11) is 0. The summed E-state index contributed by atoms with van der Waals surface area (Å²) in [5, 5.41) is 3.66. The molecule has 1 amide bonds. The van der Waals surface area contributed by atoms with Crippen LogP contribution in [0.2, 0.25) is 0 Å². The first-order valence-corrected chi connectivity index (χ1v) is 7.01. The van der Waals surface area contributed by atoms with Gasteiger partial charge in [0.2, 0.25) is 0 Å². The van der Waals surface area contributed by atoms with Crippen LogP contribution in [0.4, 0.5) is 0 Å². The van der Waals surface area contributed by atoms with Crippen LogP contribution >= 0.6 is 0 Å². The van der Waals surface area contributed by atoms with Crippen LogP contribution in [-0.4, -0.2) is 29.4 Å². The molecule has 2 heterocycles. The topological polar surface area (TPSA) is 32.3 Å². The molecule has 3 aliphatic rings. The van der Waals surface area contributed by atoms with E-state index < -0.39 is 0 Å². The summed E-state index contributed by atoms with van der Waals surface area (Å²) in [5.74, 6) is 0.258. The number of carbonyl (C=O) groups is 1. The molecule has 2 aliphatic heterocycles. The molecule has 1 N–H and O–H groups in total. The van der Waals surface area contributed by atoms with Gasteiger partial charge in [0.1, 0.15) is 0 Å². The van der Waals surface area contributed by atoms with E-state index in [2.05, 4.69) is 16.3 Å². The molecule has 1 saturated carbocycles. The van der Waals surface area contributed by atoms with Gasteiger partial charge in [-0.15, -0.1) is 0 Å². The second-order valence-electron chi connectivity index (χ2n) is 5.68. The summed E-state index contributed by atoms with van der Waals surface area (Å²) < 4.78 is 0. The van der Waals surface area contributed by atoms with Crippen LogP contribution in [-0.2, 0) is 0 Å². The lowest BCUT2D eigenvalue weighted by Crippen LogP contribution is -2.59. The number of carbonyl (C=O) groups excluding carboxylic acids is 1. The third-order valence-corrected chi connectivity index (χ3v) is 4.78. The molecule has 1 saturated heterocycles. The van der Waals surface area contributed by atoms with Crippen LogP contribution in [0.15, 0.2) is 24.3 Å². The molecule has 0 bridgehead atoms. The summed E-state index contributed by atoms with van der Waals surface area (Å²) in [6.07, 6.45) is 4.94. The van der Waals surface area contributed by atoms with E-state index in [0.29, 0.717) is 12.1 Å². The number of fused-ring (bicyclic) bond motifs is 5. The zero-order valence-corrected chi connectivity index (χ0v) is 10.4. The van der Waals surface area contributed by atoms with Crippen LogP contribution in [0.25, 0.3) is 0 Å². The fourth-order valence-corrected chi connectivity index (χ4v) is 3.95. The van der Waals surface area contributed by atoms with E-state index in [1.54, 1.807) is 0 Å². The fraction of sp³-hybridized carbons (Fsp3) is 0.533. The predicted molar refractivity (Wildman–Crippen MR) is 69.4 cm³/mol. The standard InChI is InChI=1S/C15H18N2O/c18-15-11-6-2-1-5-10(11)14-9-16-12-7-3-4-8-13(12)17(14)15/h1-2,5-6,12-14,16H,3-4,7-9H2. The number of amides is 1. The Morgan fingerprint density at radius 1 is 1.17 bits per heavy atom. The normalized spacial score (nSPS) is 33.9. The van der Waals surface area contributed by atoms with Gasteiger partial charge >= 0.3 is 0 Å². The largest absolute Gasteiger partial charge is 0.326 e. The lowest BCUT2D eigenvalue weighted by atomic mass is 9.86. The number of hydrogen-bond acceptors (Lipinski definition) is 2. The van der Waals surface area contributed by atoms with Crippen LogP contribution < -0.4 is 5.32 Å². The molecule has 0 spiro atoms. The van der Waals surface area contributed by atoms with Gasteiger partial charge in [0.25, 0.3) is 5.91 Å². The molecule has 3 unspecified atom stereocenters. The molecule has 2 fully saturated rings. The van der Waals surface area contributed by atoms with Gasteiger partial charge in [-0.05, 0) is 24.5 Å². The van der Waals surface area contributed by atoms with E-state index >= 15 is 0 Å². The Morgan fingerprint density at radius 2 is 2.00 bits per heavy atom. The van der Waals surface area contributed by atoms with Gasteiger partial charge in [-0.2, -0.15) is 0 Å². The monoisotopic (exact) mass is 242 g/mol. The first-order chi connectivity index (χ1) is 8.86. The Kier molecular flexibility index (Phi) is 2.24. The number of nitrogens with one attached hydrogen (secondary N) is 1. The minimum atomic E-state index is 0.258. The maximum Gasteiger partial charge on any atom is 0.255 e. The molecular formula is C15H18N2O. The van der Waals surface area contributed by atoms with Crippen molar-refractivity contribution in [1.29, 1.82) is 0 Å². The highest BCUT2D eigenvalue weighted by atomic mass is 16.2. The fourth-order valence-electron chi connectivity index (χ4n) is 3.95. The highest BCUT2D eigenvalue weighted by Crippen LogP contribution is 2.40. The highest BCUT2D eigenvalue weighted by molar-refractivity contribution is 5.99. The SMILES string of the molecule is O=C1c2ccccc2C2CNC3CCCCC3N12. The van der Waals surface area contributed by atoms with Crippen LogP contribution in [0, 0.1) is 0 Å². The zero-order valence-electron chi connectivity index (χ0n) is 10.4. The van der Waals surface area contributed by atoms with E-state index in [1.165, 1.54) is 24.8 Å². The van der Waals surface area contributed by atoms with Crippen LogP contribution in [0.5, 0.6) is 0 Å². The quantitative estimate of drug-likeness (QED) is 0.755. The molecule has 18 heavy (non-hydrogen) atoms. The van der Waals surface area contributed by atoms with E-state index in [1.807, 2.05) is 18.2 Å². The predicted octanol–water partition coefficient (Wildman–Crippen LogP) is 2.10. The second kappa shape index (κ2) is 3.82. The van der Waals surface area contributed by atoms with Gasteiger partial charge in [-0.1, -0.05) is 31.0 Å². The minimum Gasteiger partial charge on any atom is -0.326 e. The molecule has 3 heteroatoms. The maximum absolute atomic E-state index is 12.6. The van der Waals surface area contributed by atoms with Gasteiger partial charge in [-0.3, -0.25) is 4.79 Å². The van der Waals surface area contributed by atoms with Crippen molar-refractivity contribution in [3.63, 3.8) is 0 Å². The Balaban J connectivity index is 1.76. The molecule has 1 aromatic rings. The smallest absolute Gasteiger partial charge is 0.255 e. The summed E-state index contributed by atoms with van der Waals surface area (Å²) in [4.78, 5) is 14.8. The van der Waals surface area contributed by atoms with Crippen molar-refractivity contribution in [2.24, 2.45) is 0 Å². The Bertz CT molecular complexity index is 499. The third kappa shape index (κ3) is 1.31. The van der Waals surface area contributed by atoms with E-state index in [-0.39, 0.29) is 11.9 Å². The van der Waals surface area contributed by atoms with Crippen molar-refractivity contribution in [1.82, 2.24) is 10.2 Å². The van der Waals surface area contributed by atoms with Gasteiger partial charge in [0, 0.05) is 24.2 Å². The van der Waals surface area contributed by atoms with E-state index in [0.717, 1.165) is 18.5 Å². The average molecular weight is 242 g/mol. The third-order valence-electron chi connectivity index (χ3n) is 4.78. The van der Waals surface area contributed by atoms with E-state index in [9.17, 15) is 4.79 Å². The van der Waals surface area contributed by atoms with Gasteiger partial charge in [-0.25, -0.2) is 0 Å². The number of nitrogens with zero attached hydrogens (tertiary/aromatic N) is 1. The molecule has 1 aromatic carbocycles. The number of hydrogen-bond donors (Lipinski definition) is 1. The summed E-state index contributed by atoms with van der Waals surface area (Å²) >= 11 is 0. The molecule has 3 atom stereocenters. The highest BCUT2D eigenvalue weighted by Gasteiger charge is 2.46. The van der Waals surface area contributed by atoms with Gasteiger partial charge < -0.3 is 10.2 Å². The van der Waals surface area contributed by atoms with Crippen molar-refractivity contribution in [2.75, 3.05) is 6.54 Å². The Morgan fingerprint density at radius 3 is 2.94 bits per heavy atom. The Hall–Kier alpha value is -1.35. The number of piperazine rings is 1. The maximum atomic E-state index is 12.6. The first kappa shape index (κ1) is 10.6. The van der Waals surface area contributed by atoms with Gasteiger partial charge in [0.15, 0.2) is 0 Å². The molecule has 3 nitrogen and oxygen atoms in total. The minimum absolute atomic E-state index is 0.258. The lowest BCUT2D eigenvalue weighted by molar-refractivity contribution is 0.0355. The lowest BCUT2D eigenvalue weighted by Gasteiger charge is -2.46. The average Bonchev–Trinajstić information content (AvgIpc) is 2.73. The molecule has 94 valence electrons. The molecule has 1 aliphatic carbocycles. The summed E-state index contributed by atoms with van der Waals surface area (Å²) in [6.45, 7) is 0.921. The van der Waals surface area contributed by atoms with Crippen LogP contribution in [0.1, 0.15) is 47.6 Å². The molecule has 4 rings (SSSR count). The number of rotatable bonds is 0. The molecule has 0 aromatic heterocycles. The molecular weight excluding hydrogens is 224 g/mol. The van der Waals surface area contributed by atoms with E-state index in [4.69, 9.17) is 0 Å². The Labute approximate surface area is 107 Å². The zero-order chi connectivity index (χ0) is 12.1. The van der Waals surface area contributed by atoms with Crippen molar-refractivity contribution in [3.8, 4) is 0 Å². The van der Waals surface area contributed by atoms with Crippen molar-refractivity contribution in [2.45, 2.75) is 43.8 Å². The summed E-state index contributed by atoms with van der Waals surface area (Å²) in [5.41, 5.74) is 2.15. The van der Waals surface area contributed by atoms with Gasteiger partial charge in [0.05, 0.1) is 6.04 Å². The van der Waals surface area contributed by atoms with Crippen LogP contribution in [0.3, 0.4) is 0 Å². The second-order valence-corrected chi connectivity index (χ2v) is 5.68. The summed E-state index contributed by atoms with van der Waals surface area (Å²) in [6, 6.07) is 9.32. The van der Waals surface area contributed by atoms with Crippen molar-refractivity contribution in [3.05, 3.63) is 35.4 Å². The van der Waals surface area contributed by atoms with Crippen molar-refractivity contribution >= 4 is 5.91 Å². The van der Waals surface area contributed by atoms with Crippen molar-refractivity contribution < 1.29 is 4.79 Å². The molecule has 0 radical (unpaired) electrons. The number of benzene rings is 1.